The minimum atomic E-state index is 0.656. The number of nitrogens with zero attached hydrogens (tertiary/aromatic N) is 2. The molecular formula is C15H22N2O2. The Kier molecular flexibility index (Phi) is 7.64. The maximum absolute atomic E-state index is 8.69. The Bertz CT molecular complexity index is 384. The van der Waals surface area contributed by atoms with Gasteiger partial charge in [-0.15, -0.1) is 0 Å². The van der Waals surface area contributed by atoms with Crippen LogP contribution in [0.4, 0.5) is 0 Å². The first-order valence-corrected chi connectivity index (χ1v) is 6.65. The summed E-state index contributed by atoms with van der Waals surface area (Å²) < 4.78 is 10.9. The summed E-state index contributed by atoms with van der Waals surface area (Å²) in [6.07, 6.45) is 0.975. The summed E-state index contributed by atoms with van der Waals surface area (Å²) in [5.74, 6) is 0.816. The van der Waals surface area contributed by atoms with Gasteiger partial charge in [0.05, 0.1) is 24.8 Å². The normalized spacial score (nSPS) is 10.4. The molecule has 4 nitrogen and oxygen atoms in total. The van der Waals surface area contributed by atoms with E-state index >= 15 is 0 Å². The van der Waals surface area contributed by atoms with E-state index in [2.05, 4.69) is 18.0 Å². The minimum absolute atomic E-state index is 0.656. The van der Waals surface area contributed by atoms with Crippen molar-refractivity contribution in [1.82, 2.24) is 4.90 Å². The van der Waals surface area contributed by atoms with E-state index in [4.69, 9.17) is 14.7 Å². The largest absolute Gasteiger partial charge is 0.494 e. The summed E-state index contributed by atoms with van der Waals surface area (Å²) in [6.45, 7) is 6.18. The van der Waals surface area contributed by atoms with Gasteiger partial charge in [0.2, 0.25) is 0 Å². The molecule has 0 aliphatic heterocycles. The van der Waals surface area contributed by atoms with E-state index in [1.807, 2.05) is 19.1 Å². The fraction of sp³-hybridized carbons (Fsp3) is 0.533. The SMILES string of the molecule is CCOCCN(C)CCCOc1ccc(C#N)cc1. The van der Waals surface area contributed by atoms with Gasteiger partial charge in [-0.2, -0.15) is 5.26 Å². The van der Waals surface area contributed by atoms with Gasteiger partial charge < -0.3 is 14.4 Å². The summed E-state index contributed by atoms with van der Waals surface area (Å²) in [6, 6.07) is 9.28. The number of benzene rings is 1. The third-order valence-electron chi connectivity index (χ3n) is 2.76. The van der Waals surface area contributed by atoms with Crippen molar-refractivity contribution >= 4 is 0 Å². The van der Waals surface area contributed by atoms with Crippen LogP contribution in [-0.4, -0.2) is 44.9 Å². The van der Waals surface area contributed by atoms with Crippen LogP contribution >= 0.6 is 0 Å². The monoisotopic (exact) mass is 262 g/mol. The van der Waals surface area contributed by atoms with Crippen molar-refractivity contribution in [2.45, 2.75) is 13.3 Å². The lowest BCUT2D eigenvalue weighted by molar-refractivity contribution is 0.120. The molecule has 19 heavy (non-hydrogen) atoms. The van der Waals surface area contributed by atoms with Gasteiger partial charge in [0.15, 0.2) is 0 Å². The predicted octanol–water partition coefficient (Wildman–Crippen LogP) is 2.30. The molecule has 0 radical (unpaired) electrons. The van der Waals surface area contributed by atoms with E-state index in [0.29, 0.717) is 12.2 Å². The molecular weight excluding hydrogens is 240 g/mol. The zero-order valence-electron chi connectivity index (χ0n) is 11.8. The molecule has 1 aromatic carbocycles. The van der Waals surface area contributed by atoms with Crippen LogP contribution in [0, 0.1) is 11.3 Å². The fourth-order valence-electron chi connectivity index (χ4n) is 1.63. The Labute approximate surface area is 115 Å². The number of hydrogen-bond acceptors (Lipinski definition) is 4. The molecule has 0 N–H and O–H groups in total. The Hall–Kier alpha value is -1.57. The average molecular weight is 262 g/mol. The lowest BCUT2D eigenvalue weighted by atomic mass is 10.2. The van der Waals surface area contributed by atoms with E-state index < -0.39 is 0 Å². The molecule has 1 aromatic rings. The van der Waals surface area contributed by atoms with Crippen molar-refractivity contribution in [2.24, 2.45) is 0 Å². The van der Waals surface area contributed by atoms with Crippen molar-refractivity contribution in [3.8, 4) is 11.8 Å². The Morgan fingerprint density at radius 1 is 1.16 bits per heavy atom. The molecule has 0 heterocycles. The zero-order valence-corrected chi connectivity index (χ0v) is 11.8. The second kappa shape index (κ2) is 9.37. The highest BCUT2D eigenvalue weighted by Gasteiger charge is 1.99. The number of rotatable bonds is 9. The Morgan fingerprint density at radius 2 is 1.89 bits per heavy atom. The average Bonchev–Trinajstić information content (AvgIpc) is 2.44. The van der Waals surface area contributed by atoms with Gasteiger partial charge >= 0.3 is 0 Å². The molecule has 0 bridgehead atoms. The molecule has 0 aliphatic carbocycles. The van der Waals surface area contributed by atoms with Crippen LogP contribution in [0.25, 0.3) is 0 Å². The van der Waals surface area contributed by atoms with Crippen LogP contribution in [0.1, 0.15) is 18.9 Å². The molecule has 0 spiro atoms. The Morgan fingerprint density at radius 3 is 2.53 bits per heavy atom. The van der Waals surface area contributed by atoms with Gasteiger partial charge in [0.1, 0.15) is 5.75 Å². The topological polar surface area (TPSA) is 45.5 Å². The first-order valence-electron chi connectivity index (χ1n) is 6.65. The summed E-state index contributed by atoms with van der Waals surface area (Å²) in [5, 5.41) is 8.69. The van der Waals surface area contributed by atoms with Gasteiger partial charge in [-0.1, -0.05) is 0 Å². The molecule has 0 saturated carbocycles. The van der Waals surface area contributed by atoms with Gasteiger partial charge in [-0.3, -0.25) is 0 Å². The molecule has 4 heteroatoms. The van der Waals surface area contributed by atoms with Crippen LogP contribution in [0.15, 0.2) is 24.3 Å². The summed E-state index contributed by atoms with van der Waals surface area (Å²) >= 11 is 0. The molecule has 0 fully saturated rings. The van der Waals surface area contributed by atoms with Crippen molar-refractivity contribution < 1.29 is 9.47 Å². The van der Waals surface area contributed by atoms with E-state index in [9.17, 15) is 0 Å². The fourth-order valence-corrected chi connectivity index (χ4v) is 1.63. The predicted molar refractivity (Wildman–Crippen MR) is 75.3 cm³/mol. The van der Waals surface area contributed by atoms with E-state index in [0.717, 1.165) is 38.5 Å². The number of nitriles is 1. The second-order valence-corrected chi connectivity index (χ2v) is 4.34. The third-order valence-corrected chi connectivity index (χ3v) is 2.76. The zero-order chi connectivity index (χ0) is 13.9. The van der Waals surface area contributed by atoms with Crippen LogP contribution in [0.2, 0.25) is 0 Å². The molecule has 0 atom stereocenters. The first kappa shape index (κ1) is 15.5. The quantitative estimate of drug-likeness (QED) is 0.641. The molecule has 0 aliphatic rings. The molecule has 104 valence electrons. The molecule has 0 amide bonds. The maximum Gasteiger partial charge on any atom is 0.119 e. The lowest BCUT2D eigenvalue weighted by Crippen LogP contribution is -2.25. The van der Waals surface area contributed by atoms with Gasteiger partial charge in [-0.25, -0.2) is 0 Å². The van der Waals surface area contributed by atoms with E-state index in [1.165, 1.54) is 0 Å². The Balaban J connectivity index is 2.11. The number of likely N-dealkylation sites (N-methyl/N-ethyl adjacent to an activating group) is 1. The summed E-state index contributed by atoms with van der Waals surface area (Å²) in [7, 11) is 2.08. The van der Waals surface area contributed by atoms with Crippen molar-refractivity contribution in [1.29, 1.82) is 5.26 Å². The van der Waals surface area contributed by atoms with Crippen LogP contribution in [-0.2, 0) is 4.74 Å². The maximum atomic E-state index is 8.69. The lowest BCUT2D eigenvalue weighted by Gasteiger charge is -2.16. The first-order chi connectivity index (χ1) is 9.26. The highest BCUT2D eigenvalue weighted by atomic mass is 16.5. The van der Waals surface area contributed by atoms with E-state index in [1.54, 1.807) is 12.1 Å². The summed E-state index contributed by atoms with van der Waals surface area (Å²) in [5.41, 5.74) is 0.656. The molecule has 0 unspecified atom stereocenters. The second-order valence-electron chi connectivity index (χ2n) is 4.34. The number of ether oxygens (including phenoxy) is 2. The third kappa shape index (κ3) is 6.80. The highest BCUT2D eigenvalue weighted by molar-refractivity contribution is 5.34. The van der Waals surface area contributed by atoms with Gasteiger partial charge in [0, 0.05) is 19.7 Å². The molecule has 0 aromatic heterocycles. The van der Waals surface area contributed by atoms with Crippen LogP contribution < -0.4 is 4.74 Å². The summed E-state index contributed by atoms with van der Waals surface area (Å²) in [4.78, 5) is 2.23. The highest BCUT2D eigenvalue weighted by Crippen LogP contribution is 2.11. The van der Waals surface area contributed by atoms with Crippen molar-refractivity contribution in [2.75, 3.05) is 40.0 Å². The minimum Gasteiger partial charge on any atom is -0.494 e. The van der Waals surface area contributed by atoms with E-state index in [-0.39, 0.29) is 0 Å². The molecule has 1 rings (SSSR count). The van der Waals surface area contributed by atoms with Crippen molar-refractivity contribution in [3.05, 3.63) is 29.8 Å². The number of hydrogen-bond donors (Lipinski definition) is 0. The van der Waals surface area contributed by atoms with Crippen LogP contribution in [0.3, 0.4) is 0 Å². The standard InChI is InChI=1S/C15H22N2O2/c1-3-18-12-10-17(2)9-4-11-19-15-7-5-14(13-16)6-8-15/h5-8H,3-4,9-12H2,1-2H3. The smallest absolute Gasteiger partial charge is 0.119 e. The molecule has 0 saturated heterocycles. The van der Waals surface area contributed by atoms with Gasteiger partial charge in [-0.05, 0) is 44.7 Å². The van der Waals surface area contributed by atoms with Crippen molar-refractivity contribution in [3.63, 3.8) is 0 Å². The van der Waals surface area contributed by atoms with Crippen LogP contribution in [0.5, 0.6) is 5.75 Å². The van der Waals surface area contributed by atoms with Gasteiger partial charge in [0.25, 0.3) is 0 Å².